The van der Waals surface area contributed by atoms with Gasteiger partial charge in [-0.15, -0.1) is 0 Å². The Hall–Kier alpha value is -2.34. The number of hydrogen-bond donors (Lipinski definition) is 0. The van der Waals surface area contributed by atoms with Gasteiger partial charge in [-0.3, -0.25) is 0 Å². The van der Waals surface area contributed by atoms with Crippen molar-refractivity contribution in [1.82, 2.24) is 4.98 Å². The quantitative estimate of drug-likeness (QED) is 0.802. The Morgan fingerprint density at radius 3 is 2.53 bits per heavy atom. The molecule has 84 valence electrons. The summed E-state index contributed by atoms with van der Waals surface area (Å²) in [5.74, 6) is 0.579. The number of benzene rings is 1. The van der Waals surface area contributed by atoms with Gasteiger partial charge in [-0.1, -0.05) is 36.4 Å². The van der Waals surface area contributed by atoms with Gasteiger partial charge >= 0.3 is 0 Å². The van der Waals surface area contributed by atoms with E-state index in [1.807, 2.05) is 36.4 Å². The summed E-state index contributed by atoms with van der Waals surface area (Å²) in [6.45, 7) is 0.505. The lowest BCUT2D eigenvalue weighted by Crippen LogP contribution is -1.97. The molecule has 17 heavy (non-hydrogen) atoms. The van der Waals surface area contributed by atoms with Crippen LogP contribution in [-0.2, 0) is 13.0 Å². The number of nitrogens with zero attached hydrogens (tertiary/aromatic N) is 2. The van der Waals surface area contributed by atoms with Crippen LogP contribution in [0, 0.1) is 11.3 Å². The highest BCUT2D eigenvalue weighted by molar-refractivity contribution is 5.21. The molecular weight excluding hydrogens is 212 g/mol. The molecule has 0 bridgehead atoms. The van der Waals surface area contributed by atoms with Crippen molar-refractivity contribution in [2.45, 2.75) is 13.0 Å². The van der Waals surface area contributed by atoms with E-state index in [1.54, 1.807) is 12.3 Å². The lowest BCUT2D eigenvalue weighted by atomic mass is 10.2. The first-order valence-corrected chi connectivity index (χ1v) is 5.37. The van der Waals surface area contributed by atoms with Crippen molar-refractivity contribution < 1.29 is 4.74 Å². The van der Waals surface area contributed by atoms with E-state index in [0.29, 0.717) is 18.9 Å². The Morgan fingerprint density at radius 2 is 1.88 bits per heavy atom. The monoisotopic (exact) mass is 224 g/mol. The molecule has 0 aliphatic rings. The predicted octanol–water partition coefficient (Wildman–Crippen LogP) is 2.73. The minimum atomic E-state index is 0.381. The van der Waals surface area contributed by atoms with Crippen LogP contribution in [0.25, 0.3) is 0 Å². The Morgan fingerprint density at radius 1 is 1.06 bits per heavy atom. The van der Waals surface area contributed by atoms with Crippen molar-refractivity contribution in [2.24, 2.45) is 0 Å². The fourth-order valence-electron chi connectivity index (χ4n) is 1.42. The largest absolute Gasteiger partial charge is 0.473 e. The highest BCUT2D eigenvalue weighted by atomic mass is 16.5. The lowest BCUT2D eigenvalue weighted by Gasteiger charge is -2.05. The van der Waals surface area contributed by atoms with Crippen LogP contribution in [-0.4, -0.2) is 4.98 Å². The second-order valence-corrected chi connectivity index (χ2v) is 3.61. The summed E-state index contributed by atoms with van der Waals surface area (Å²) in [4.78, 5) is 4.14. The van der Waals surface area contributed by atoms with Gasteiger partial charge in [0, 0.05) is 12.3 Å². The topological polar surface area (TPSA) is 45.9 Å². The molecule has 0 spiro atoms. The van der Waals surface area contributed by atoms with Crippen LogP contribution >= 0.6 is 0 Å². The molecule has 2 rings (SSSR count). The van der Waals surface area contributed by atoms with E-state index < -0.39 is 0 Å². The van der Waals surface area contributed by atoms with E-state index in [9.17, 15) is 0 Å². The third kappa shape index (κ3) is 3.32. The standard InChI is InChI=1S/C14H12N2O/c15-9-8-12-6-7-14(16-10-12)17-11-13-4-2-1-3-5-13/h1-7,10H,8,11H2. The lowest BCUT2D eigenvalue weighted by molar-refractivity contribution is 0.294. The molecule has 1 aromatic carbocycles. The van der Waals surface area contributed by atoms with E-state index in [0.717, 1.165) is 11.1 Å². The number of rotatable bonds is 4. The van der Waals surface area contributed by atoms with Gasteiger partial charge in [0.2, 0.25) is 5.88 Å². The molecule has 0 aliphatic heterocycles. The number of aromatic nitrogens is 1. The van der Waals surface area contributed by atoms with Gasteiger partial charge in [-0.2, -0.15) is 5.26 Å². The Balaban J connectivity index is 1.94. The molecule has 3 nitrogen and oxygen atoms in total. The summed E-state index contributed by atoms with van der Waals surface area (Å²) in [6.07, 6.45) is 2.05. The maximum atomic E-state index is 8.53. The van der Waals surface area contributed by atoms with Gasteiger partial charge in [-0.25, -0.2) is 4.98 Å². The molecule has 0 radical (unpaired) electrons. The first kappa shape index (κ1) is 11.2. The van der Waals surface area contributed by atoms with Crippen LogP contribution in [0.2, 0.25) is 0 Å². The minimum absolute atomic E-state index is 0.381. The van der Waals surface area contributed by atoms with Gasteiger partial charge in [0.15, 0.2) is 0 Å². The van der Waals surface area contributed by atoms with E-state index in [1.165, 1.54) is 0 Å². The van der Waals surface area contributed by atoms with Crippen LogP contribution in [0.5, 0.6) is 5.88 Å². The highest BCUT2D eigenvalue weighted by Crippen LogP contribution is 2.10. The zero-order valence-electron chi connectivity index (χ0n) is 9.34. The fraction of sp³-hybridized carbons (Fsp3) is 0.143. The van der Waals surface area contributed by atoms with Crippen molar-refractivity contribution in [3.8, 4) is 11.9 Å². The van der Waals surface area contributed by atoms with Crippen LogP contribution in [0.15, 0.2) is 48.7 Å². The number of ether oxygens (including phenoxy) is 1. The van der Waals surface area contributed by atoms with E-state index in [4.69, 9.17) is 10.00 Å². The molecule has 0 amide bonds. The van der Waals surface area contributed by atoms with Crippen molar-refractivity contribution in [2.75, 3.05) is 0 Å². The van der Waals surface area contributed by atoms with Crippen LogP contribution in [0.3, 0.4) is 0 Å². The first-order chi connectivity index (χ1) is 8.38. The van der Waals surface area contributed by atoms with Crippen molar-refractivity contribution in [3.05, 3.63) is 59.8 Å². The molecule has 0 saturated carbocycles. The average molecular weight is 224 g/mol. The SMILES string of the molecule is N#CCc1ccc(OCc2ccccc2)nc1. The van der Waals surface area contributed by atoms with Gasteiger partial charge in [0.25, 0.3) is 0 Å². The zero-order valence-corrected chi connectivity index (χ0v) is 9.34. The van der Waals surface area contributed by atoms with E-state index >= 15 is 0 Å². The minimum Gasteiger partial charge on any atom is -0.473 e. The van der Waals surface area contributed by atoms with Crippen molar-refractivity contribution in [3.63, 3.8) is 0 Å². The zero-order chi connectivity index (χ0) is 11.9. The second kappa shape index (κ2) is 5.66. The van der Waals surface area contributed by atoms with E-state index in [-0.39, 0.29) is 0 Å². The molecule has 0 aliphatic carbocycles. The second-order valence-electron chi connectivity index (χ2n) is 3.61. The summed E-state index contributed by atoms with van der Waals surface area (Å²) < 4.78 is 5.53. The normalized spacial score (nSPS) is 9.59. The molecule has 1 heterocycles. The summed E-state index contributed by atoms with van der Waals surface area (Å²) in [5.41, 5.74) is 2.01. The smallest absolute Gasteiger partial charge is 0.213 e. The van der Waals surface area contributed by atoms with Gasteiger partial charge in [0.1, 0.15) is 6.61 Å². The Labute approximate surface area is 100 Å². The molecule has 0 unspecified atom stereocenters. The number of nitriles is 1. The molecular formula is C14H12N2O. The summed E-state index contributed by atoms with van der Waals surface area (Å²) in [7, 11) is 0. The molecule has 1 aromatic heterocycles. The van der Waals surface area contributed by atoms with Crippen LogP contribution < -0.4 is 4.74 Å². The maximum Gasteiger partial charge on any atom is 0.213 e. The molecule has 2 aromatic rings. The summed E-state index contributed by atoms with van der Waals surface area (Å²) in [5, 5.41) is 8.53. The first-order valence-electron chi connectivity index (χ1n) is 5.37. The summed E-state index contributed by atoms with van der Waals surface area (Å²) >= 11 is 0. The molecule has 3 heteroatoms. The van der Waals surface area contributed by atoms with Crippen molar-refractivity contribution in [1.29, 1.82) is 5.26 Å². The van der Waals surface area contributed by atoms with Gasteiger partial charge in [-0.05, 0) is 11.1 Å². The van der Waals surface area contributed by atoms with Gasteiger partial charge in [0.05, 0.1) is 12.5 Å². The fourth-order valence-corrected chi connectivity index (χ4v) is 1.42. The average Bonchev–Trinajstić information content (AvgIpc) is 2.40. The van der Waals surface area contributed by atoms with Crippen LogP contribution in [0.1, 0.15) is 11.1 Å². The maximum absolute atomic E-state index is 8.53. The van der Waals surface area contributed by atoms with Gasteiger partial charge < -0.3 is 4.74 Å². The number of pyridine rings is 1. The van der Waals surface area contributed by atoms with Crippen LogP contribution in [0.4, 0.5) is 0 Å². The Bertz CT molecular complexity index is 500. The third-order valence-corrected chi connectivity index (χ3v) is 2.31. The molecule has 0 atom stereocenters. The molecule has 0 saturated heterocycles. The van der Waals surface area contributed by atoms with Crippen molar-refractivity contribution >= 4 is 0 Å². The Kier molecular flexibility index (Phi) is 3.72. The highest BCUT2D eigenvalue weighted by Gasteiger charge is 1.97. The third-order valence-electron chi connectivity index (χ3n) is 2.31. The molecule has 0 N–H and O–H groups in total. The predicted molar refractivity (Wildman–Crippen MR) is 64.3 cm³/mol. The van der Waals surface area contributed by atoms with E-state index in [2.05, 4.69) is 11.1 Å². The number of hydrogen-bond acceptors (Lipinski definition) is 3. The molecule has 0 fully saturated rings. The summed E-state index contributed by atoms with van der Waals surface area (Å²) in [6, 6.07) is 15.7.